The first-order valence-corrected chi connectivity index (χ1v) is 10.3. The number of nitrogens with zero attached hydrogens (tertiary/aromatic N) is 1. The van der Waals surface area contributed by atoms with Crippen molar-refractivity contribution in [2.24, 2.45) is 0 Å². The molecule has 1 saturated carbocycles. The standard InChI is InChI=1S/C21H31FN4O/c1-13-6-7-18(22)17-11-19(25-20(13)17)21(27)24-14-4-3-5-16(10-14)26-9-8-15(12-26)23-2/h6-7,14-16,19,23,25H,3-5,8-12H2,1-2H3,(H,24,27)/t14-,15+,16+,19?/m1/s1. The predicted octanol–water partition coefficient (Wildman–Crippen LogP) is 2.19. The zero-order valence-electron chi connectivity index (χ0n) is 16.4. The van der Waals surface area contributed by atoms with Gasteiger partial charge in [0.15, 0.2) is 0 Å². The summed E-state index contributed by atoms with van der Waals surface area (Å²) < 4.78 is 14.1. The number of anilines is 1. The van der Waals surface area contributed by atoms with Crippen molar-refractivity contribution in [2.75, 3.05) is 25.5 Å². The highest BCUT2D eigenvalue weighted by molar-refractivity contribution is 5.88. The van der Waals surface area contributed by atoms with Crippen LogP contribution in [0.5, 0.6) is 0 Å². The van der Waals surface area contributed by atoms with Gasteiger partial charge in [0, 0.05) is 48.9 Å². The van der Waals surface area contributed by atoms with Gasteiger partial charge >= 0.3 is 0 Å². The molecule has 5 nitrogen and oxygen atoms in total. The number of fused-ring (bicyclic) bond motifs is 1. The number of likely N-dealkylation sites (N-methyl/N-ethyl adjacent to an activating group) is 1. The molecule has 148 valence electrons. The maximum absolute atomic E-state index is 14.1. The van der Waals surface area contributed by atoms with E-state index in [1.807, 2.05) is 14.0 Å². The SMILES string of the molecule is CN[C@H]1CCN([C@H]2CCC[C@@H](NC(=O)C3Cc4c(F)ccc(C)c4N3)C2)C1. The lowest BCUT2D eigenvalue weighted by Gasteiger charge is -2.36. The Morgan fingerprint density at radius 1 is 1.26 bits per heavy atom. The molecule has 1 unspecified atom stereocenters. The molecule has 4 rings (SSSR count). The van der Waals surface area contributed by atoms with Gasteiger partial charge in [-0.25, -0.2) is 4.39 Å². The van der Waals surface area contributed by atoms with Gasteiger partial charge < -0.3 is 16.0 Å². The van der Waals surface area contributed by atoms with Gasteiger partial charge in [0.1, 0.15) is 11.9 Å². The van der Waals surface area contributed by atoms with Crippen molar-refractivity contribution in [3.05, 3.63) is 29.1 Å². The Labute approximate surface area is 161 Å². The van der Waals surface area contributed by atoms with Crippen LogP contribution in [0.3, 0.4) is 0 Å². The number of benzene rings is 1. The highest BCUT2D eigenvalue weighted by atomic mass is 19.1. The zero-order chi connectivity index (χ0) is 19.0. The number of nitrogens with one attached hydrogen (secondary N) is 3. The molecule has 0 radical (unpaired) electrons. The van der Waals surface area contributed by atoms with E-state index in [0.717, 1.165) is 43.6 Å². The average molecular weight is 375 g/mol. The van der Waals surface area contributed by atoms with Crippen molar-refractivity contribution < 1.29 is 9.18 Å². The number of aryl methyl sites for hydroxylation is 1. The lowest BCUT2D eigenvalue weighted by Crippen LogP contribution is -2.49. The van der Waals surface area contributed by atoms with E-state index in [1.165, 1.54) is 18.9 Å². The van der Waals surface area contributed by atoms with Crippen LogP contribution in [0.4, 0.5) is 10.1 Å². The van der Waals surface area contributed by atoms with E-state index in [1.54, 1.807) is 6.07 Å². The first-order chi connectivity index (χ1) is 13.0. The third-order valence-corrected chi connectivity index (χ3v) is 6.64. The monoisotopic (exact) mass is 374 g/mol. The van der Waals surface area contributed by atoms with Crippen LogP contribution in [-0.2, 0) is 11.2 Å². The molecule has 0 bridgehead atoms. The summed E-state index contributed by atoms with van der Waals surface area (Å²) >= 11 is 0. The summed E-state index contributed by atoms with van der Waals surface area (Å²) in [5, 5.41) is 9.87. The number of hydrogen-bond donors (Lipinski definition) is 3. The summed E-state index contributed by atoms with van der Waals surface area (Å²) in [5.74, 6) is -0.213. The molecule has 1 aliphatic carbocycles. The van der Waals surface area contributed by atoms with E-state index < -0.39 is 0 Å². The van der Waals surface area contributed by atoms with Gasteiger partial charge in [-0.05, 0) is 57.7 Å². The van der Waals surface area contributed by atoms with Gasteiger partial charge in [-0.15, -0.1) is 0 Å². The van der Waals surface area contributed by atoms with Crippen LogP contribution >= 0.6 is 0 Å². The smallest absolute Gasteiger partial charge is 0.243 e. The Kier molecular flexibility index (Phi) is 5.37. The molecule has 2 aliphatic heterocycles. The molecule has 2 heterocycles. The quantitative estimate of drug-likeness (QED) is 0.756. The van der Waals surface area contributed by atoms with Crippen LogP contribution in [0.25, 0.3) is 0 Å². The molecule has 0 aromatic heterocycles. The number of halogens is 1. The summed E-state index contributed by atoms with van der Waals surface area (Å²) in [4.78, 5) is 15.4. The summed E-state index contributed by atoms with van der Waals surface area (Å²) in [6.45, 7) is 4.21. The number of likely N-dealkylation sites (tertiary alicyclic amines) is 1. The zero-order valence-corrected chi connectivity index (χ0v) is 16.4. The summed E-state index contributed by atoms with van der Waals surface area (Å²) in [6.07, 6.45) is 6.08. The predicted molar refractivity (Wildman–Crippen MR) is 105 cm³/mol. The molecule has 0 spiro atoms. The molecule has 27 heavy (non-hydrogen) atoms. The van der Waals surface area contributed by atoms with Gasteiger partial charge in [-0.2, -0.15) is 0 Å². The lowest BCUT2D eigenvalue weighted by atomic mass is 9.90. The fourth-order valence-electron chi connectivity index (χ4n) is 5.01. The Balaban J connectivity index is 1.34. The fourth-order valence-corrected chi connectivity index (χ4v) is 5.01. The number of hydrogen-bond acceptors (Lipinski definition) is 4. The van der Waals surface area contributed by atoms with Crippen LogP contribution in [0, 0.1) is 12.7 Å². The second kappa shape index (κ2) is 7.76. The topological polar surface area (TPSA) is 56.4 Å². The van der Waals surface area contributed by atoms with Crippen LogP contribution < -0.4 is 16.0 Å². The minimum Gasteiger partial charge on any atom is -0.373 e. The van der Waals surface area contributed by atoms with Crippen molar-refractivity contribution >= 4 is 11.6 Å². The molecule has 1 aromatic carbocycles. The summed E-state index contributed by atoms with van der Waals surface area (Å²) in [7, 11) is 2.04. The van der Waals surface area contributed by atoms with E-state index in [-0.39, 0.29) is 23.8 Å². The third kappa shape index (κ3) is 3.83. The Hall–Kier alpha value is -1.66. The van der Waals surface area contributed by atoms with Crippen LogP contribution in [0.2, 0.25) is 0 Å². The Morgan fingerprint density at radius 2 is 2.11 bits per heavy atom. The van der Waals surface area contributed by atoms with Gasteiger partial charge in [-0.3, -0.25) is 9.69 Å². The van der Waals surface area contributed by atoms with E-state index in [0.29, 0.717) is 24.1 Å². The largest absolute Gasteiger partial charge is 0.373 e. The molecule has 1 saturated heterocycles. The third-order valence-electron chi connectivity index (χ3n) is 6.64. The minimum absolute atomic E-state index is 0.00479. The molecule has 1 aromatic rings. The number of amides is 1. The second-order valence-corrected chi connectivity index (χ2v) is 8.41. The second-order valence-electron chi connectivity index (χ2n) is 8.41. The maximum atomic E-state index is 14.1. The molecule has 1 amide bonds. The van der Waals surface area contributed by atoms with Gasteiger partial charge in [0.25, 0.3) is 0 Å². The summed E-state index contributed by atoms with van der Waals surface area (Å²) in [5.41, 5.74) is 2.44. The van der Waals surface area contributed by atoms with Crippen molar-refractivity contribution in [2.45, 2.75) is 69.6 Å². The van der Waals surface area contributed by atoms with Crippen LogP contribution in [0.1, 0.15) is 43.2 Å². The summed E-state index contributed by atoms with van der Waals surface area (Å²) in [6, 6.07) is 4.28. The normalized spacial score (nSPS) is 30.8. The van der Waals surface area contributed by atoms with Crippen molar-refractivity contribution in [1.82, 2.24) is 15.5 Å². The minimum atomic E-state index is -0.364. The maximum Gasteiger partial charge on any atom is 0.243 e. The van der Waals surface area contributed by atoms with E-state index in [9.17, 15) is 9.18 Å². The molecule has 3 N–H and O–H groups in total. The van der Waals surface area contributed by atoms with E-state index in [4.69, 9.17) is 0 Å². The first-order valence-electron chi connectivity index (χ1n) is 10.3. The lowest BCUT2D eigenvalue weighted by molar-refractivity contribution is -0.122. The number of rotatable bonds is 4. The van der Waals surface area contributed by atoms with Crippen molar-refractivity contribution in [3.8, 4) is 0 Å². The Bertz CT molecular complexity index is 679. The molecule has 6 heteroatoms. The Morgan fingerprint density at radius 3 is 2.85 bits per heavy atom. The molecule has 4 atom stereocenters. The van der Waals surface area contributed by atoms with Crippen LogP contribution in [0.15, 0.2) is 12.1 Å². The van der Waals surface area contributed by atoms with Gasteiger partial charge in [-0.1, -0.05) is 6.07 Å². The fraction of sp³-hybridized carbons (Fsp3) is 0.667. The average Bonchev–Trinajstić information content (AvgIpc) is 3.33. The van der Waals surface area contributed by atoms with Crippen molar-refractivity contribution in [3.63, 3.8) is 0 Å². The highest BCUT2D eigenvalue weighted by Gasteiger charge is 2.34. The van der Waals surface area contributed by atoms with E-state index >= 15 is 0 Å². The van der Waals surface area contributed by atoms with E-state index in [2.05, 4.69) is 20.9 Å². The van der Waals surface area contributed by atoms with Gasteiger partial charge in [0.2, 0.25) is 5.91 Å². The number of carbonyl (C=O) groups excluding carboxylic acids is 1. The molecule has 3 aliphatic rings. The highest BCUT2D eigenvalue weighted by Crippen LogP contribution is 2.32. The molecular weight excluding hydrogens is 343 g/mol. The molecule has 2 fully saturated rings. The first kappa shape index (κ1) is 18.7. The van der Waals surface area contributed by atoms with Crippen molar-refractivity contribution in [1.29, 1.82) is 0 Å². The van der Waals surface area contributed by atoms with Crippen LogP contribution in [-0.4, -0.2) is 55.1 Å². The molecular formula is C21H31FN4O. The number of carbonyl (C=O) groups is 1. The van der Waals surface area contributed by atoms with Gasteiger partial charge in [0.05, 0.1) is 0 Å².